The van der Waals surface area contributed by atoms with E-state index in [-0.39, 0.29) is 5.91 Å². The second kappa shape index (κ2) is 8.39. The van der Waals surface area contributed by atoms with Gasteiger partial charge in [-0.3, -0.25) is 9.69 Å². The van der Waals surface area contributed by atoms with Crippen LogP contribution in [0.25, 0.3) is 0 Å². The van der Waals surface area contributed by atoms with Gasteiger partial charge in [0.05, 0.1) is 5.56 Å². The lowest BCUT2D eigenvalue weighted by atomic mass is 10.2. The number of nitrogens with one attached hydrogen (secondary N) is 3. The summed E-state index contributed by atoms with van der Waals surface area (Å²) in [5.41, 5.74) is 0.370. The van der Waals surface area contributed by atoms with Crippen molar-refractivity contribution in [3.63, 3.8) is 0 Å². The fourth-order valence-electron chi connectivity index (χ4n) is 3.12. The molecule has 0 aliphatic carbocycles. The number of hydrogen-bond donors (Lipinski definition) is 2. The van der Waals surface area contributed by atoms with Crippen molar-refractivity contribution in [1.82, 2.24) is 5.32 Å². The number of piperazine rings is 1. The zero-order valence-corrected chi connectivity index (χ0v) is 14.9. The van der Waals surface area contributed by atoms with Crippen LogP contribution in [-0.2, 0) is 17.5 Å². The molecule has 0 bridgehead atoms. The second-order valence-electron chi connectivity index (χ2n) is 6.64. The van der Waals surface area contributed by atoms with Crippen molar-refractivity contribution in [2.45, 2.75) is 12.7 Å². The van der Waals surface area contributed by atoms with E-state index in [2.05, 4.69) is 10.3 Å². The Balaban J connectivity index is 1.44. The standard InChI is InChI=1S/C19H21F3N4O/c20-19(21,22)16-6-7-17(23-13-16)26-10-8-25(9-11-26)14-18(27)24-12-15-4-2-1-3-5-15/h1-7,13H,8-12,14H2,(H,24,27)/p+2. The molecule has 8 heteroatoms. The topological polar surface area (TPSA) is 50.9 Å². The summed E-state index contributed by atoms with van der Waals surface area (Å²) < 4.78 is 37.9. The fraction of sp³-hybridized carbons (Fsp3) is 0.368. The number of rotatable bonds is 5. The molecule has 0 spiro atoms. The third-order valence-electron chi connectivity index (χ3n) is 4.68. The van der Waals surface area contributed by atoms with Gasteiger partial charge in [-0.2, -0.15) is 13.2 Å². The Morgan fingerprint density at radius 3 is 2.41 bits per heavy atom. The summed E-state index contributed by atoms with van der Waals surface area (Å²) in [4.78, 5) is 18.0. The maximum absolute atomic E-state index is 12.6. The molecule has 1 aliphatic rings. The van der Waals surface area contributed by atoms with E-state index in [1.807, 2.05) is 35.2 Å². The third-order valence-corrected chi connectivity index (χ3v) is 4.68. The third kappa shape index (κ3) is 5.43. The van der Waals surface area contributed by atoms with Crippen LogP contribution in [0.5, 0.6) is 0 Å². The van der Waals surface area contributed by atoms with Crippen LogP contribution in [0.4, 0.5) is 19.0 Å². The van der Waals surface area contributed by atoms with Crippen molar-refractivity contribution in [1.29, 1.82) is 0 Å². The number of carbonyl (C=O) groups excluding carboxylic acids is 1. The van der Waals surface area contributed by atoms with E-state index in [1.54, 1.807) is 0 Å². The van der Waals surface area contributed by atoms with E-state index in [0.717, 1.165) is 30.9 Å². The maximum atomic E-state index is 12.6. The first-order valence-electron chi connectivity index (χ1n) is 8.90. The smallest absolute Gasteiger partial charge is 0.347 e. The molecule has 2 aromatic rings. The molecule has 1 saturated heterocycles. The van der Waals surface area contributed by atoms with Crippen LogP contribution in [0.15, 0.2) is 48.7 Å². The number of carbonyl (C=O) groups is 1. The number of nitrogens with zero attached hydrogens (tertiary/aromatic N) is 1. The molecule has 0 unspecified atom stereocenters. The Morgan fingerprint density at radius 2 is 1.81 bits per heavy atom. The minimum atomic E-state index is -4.34. The highest BCUT2D eigenvalue weighted by Crippen LogP contribution is 2.28. The molecule has 144 valence electrons. The highest BCUT2D eigenvalue weighted by molar-refractivity contribution is 5.76. The van der Waals surface area contributed by atoms with Gasteiger partial charge in [0.15, 0.2) is 6.54 Å². The van der Waals surface area contributed by atoms with Gasteiger partial charge in [-0.25, -0.2) is 4.98 Å². The van der Waals surface area contributed by atoms with Gasteiger partial charge in [0.1, 0.15) is 32.4 Å². The second-order valence-corrected chi connectivity index (χ2v) is 6.64. The lowest BCUT2D eigenvalue weighted by Gasteiger charge is -2.28. The van der Waals surface area contributed by atoms with Gasteiger partial charge in [-0.15, -0.1) is 0 Å². The van der Waals surface area contributed by atoms with Gasteiger partial charge >= 0.3 is 6.18 Å². The monoisotopic (exact) mass is 380 g/mol. The van der Waals surface area contributed by atoms with Crippen molar-refractivity contribution < 1.29 is 27.8 Å². The predicted octanol–water partition coefficient (Wildman–Crippen LogP) is 0.541. The first-order chi connectivity index (χ1) is 12.9. The number of benzene rings is 1. The number of anilines is 1. The van der Waals surface area contributed by atoms with Gasteiger partial charge in [0, 0.05) is 12.6 Å². The number of quaternary nitrogens is 1. The molecule has 3 rings (SSSR count). The average Bonchev–Trinajstić information content (AvgIpc) is 2.67. The number of halogens is 3. The molecule has 0 radical (unpaired) electrons. The number of amides is 1. The Kier molecular flexibility index (Phi) is 5.95. The number of H-pyrrole nitrogens is 1. The summed E-state index contributed by atoms with van der Waals surface area (Å²) in [7, 11) is 0. The summed E-state index contributed by atoms with van der Waals surface area (Å²) in [6.07, 6.45) is -3.35. The summed E-state index contributed by atoms with van der Waals surface area (Å²) in [6.45, 7) is 3.80. The van der Waals surface area contributed by atoms with Crippen molar-refractivity contribution in [2.24, 2.45) is 0 Å². The minimum Gasteiger partial charge on any atom is -0.347 e. The summed E-state index contributed by atoms with van der Waals surface area (Å²) in [5.74, 6) is 0.666. The lowest BCUT2D eigenvalue weighted by molar-refractivity contribution is -0.892. The SMILES string of the molecule is O=C(C[NH+]1CCN(c2ccc(C(F)(F)F)c[nH+]2)CC1)NCc1ccccc1. The van der Waals surface area contributed by atoms with Gasteiger partial charge in [0.25, 0.3) is 11.7 Å². The van der Waals surface area contributed by atoms with Crippen molar-refractivity contribution in [3.05, 3.63) is 59.8 Å². The van der Waals surface area contributed by atoms with E-state index in [4.69, 9.17) is 0 Å². The van der Waals surface area contributed by atoms with Gasteiger partial charge < -0.3 is 10.2 Å². The van der Waals surface area contributed by atoms with E-state index in [9.17, 15) is 18.0 Å². The highest BCUT2D eigenvalue weighted by Gasteiger charge is 2.33. The normalized spacial score (nSPS) is 15.6. The summed E-state index contributed by atoms with van der Waals surface area (Å²) in [5, 5.41) is 2.92. The molecule has 5 nitrogen and oxygen atoms in total. The Hall–Kier alpha value is -2.61. The highest BCUT2D eigenvalue weighted by atomic mass is 19.4. The summed E-state index contributed by atoms with van der Waals surface area (Å²) >= 11 is 0. The van der Waals surface area contributed by atoms with Gasteiger partial charge in [-0.1, -0.05) is 30.3 Å². The van der Waals surface area contributed by atoms with E-state index < -0.39 is 11.7 Å². The van der Waals surface area contributed by atoms with Gasteiger partial charge in [0.2, 0.25) is 0 Å². The van der Waals surface area contributed by atoms with Crippen LogP contribution in [-0.4, -0.2) is 38.6 Å². The zero-order chi connectivity index (χ0) is 19.3. The van der Waals surface area contributed by atoms with E-state index in [1.165, 1.54) is 11.0 Å². The van der Waals surface area contributed by atoms with Crippen LogP contribution >= 0.6 is 0 Å². The lowest BCUT2D eigenvalue weighted by Crippen LogP contribution is -3.16. The molecular formula is C19H23F3N4O+2. The molecule has 2 heterocycles. The quantitative estimate of drug-likeness (QED) is 0.796. The molecule has 1 amide bonds. The van der Waals surface area contributed by atoms with Crippen LogP contribution in [0.1, 0.15) is 11.1 Å². The number of pyridine rings is 1. The zero-order valence-electron chi connectivity index (χ0n) is 14.9. The van der Waals surface area contributed by atoms with Crippen LogP contribution < -0.4 is 20.1 Å². The fourth-order valence-corrected chi connectivity index (χ4v) is 3.12. The van der Waals surface area contributed by atoms with Crippen LogP contribution in [0.2, 0.25) is 0 Å². The first kappa shape index (κ1) is 19.2. The molecule has 27 heavy (non-hydrogen) atoms. The molecule has 1 fully saturated rings. The molecule has 1 aromatic carbocycles. The molecule has 1 aromatic heterocycles. The van der Waals surface area contributed by atoms with Crippen molar-refractivity contribution >= 4 is 11.7 Å². The molecule has 0 saturated carbocycles. The molecule has 3 N–H and O–H groups in total. The summed E-state index contributed by atoms with van der Waals surface area (Å²) in [6, 6.07) is 12.3. The number of aromatic amines is 1. The molecule has 1 aliphatic heterocycles. The number of alkyl halides is 3. The number of aromatic nitrogens is 1. The Labute approximate surface area is 155 Å². The largest absolute Gasteiger partial charge is 0.419 e. The van der Waals surface area contributed by atoms with Crippen LogP contribution in [0, 0.1) is 0 Å². The van der Waals surface area contributed by atoms with Crippen molar-refractivity contribution in [3.8, 4) is 0 Å². The van der Waals surface area contributed by atoms with Crippen LogP contribution in [0.3, 0.4) is 0 Å². The van der Waals surface area contributed by atoms with E-state index in [0.29, 0.717) is 32.0 Å². The molecule has 0 atom stereocenters. The predicted molar refractivity (Wildman–Crippen MR) is 94.1 cm³/mol. The molecular weight excluding hydrogens is 357 g/mol. The Bertz CT molecular complexity index is 742. The Morgan fingerprint density at radius 1 is 1.11 bits per heavy atom. The average molecular weight is 380 g/mol. The van der Waals surface area contributed by atoms with Gasteiger partial charge in [-0.05, 0) is 11.6 Å². The maximum Gasteiger partial charge on any atom is 0.419 e. The minimum absolute atomic E-state index is 0.00314. The van der Waals surface area contributed by atoms with Crippen molar-refractivity contribution in [2.75, 3.05) is 37.6 Å². The number of hydrogen-bond acceptors (Lipinski definition) is 2. The van der Waals surface area contributed by atoms with E-state index >= 15 is 0 Å². The first-order valence-corrected chi connectivity index (χ1v) is 8.90.